The number of aliphatic hydroxyl groups is 1. The molecule has 0 saturated carbocycles. The van der Waals surface area contributed by atoms with Gasteiger partial charge in [-0.1, -0.05) is 86.1 Å². The number of guanidine groups is 1. The van der Waals surface area contributed by atoms with Crippen LogP contribution in [-0.4, -0.2) is 230 Å². The van der Waals surface area contributed by atoms with Crippen molar-refractivity contribution in [2.45, 2.75) is 231 Å². The van der Waals surface area contributed by atoms with E-state index >= 15 is 0 Å². The minimum absolute atomic E-state index is 0.0180. The molecule has 2 aromatic rings. The number of rotatable bonds is 51. The van der Waals surface area contributed by atoms with Crippen molar-refractivity contribution in [1.29, 1.82) is 5.41 Å². The number of carbonyl (C=O) groups excluding carboxylic acids is 13. The molecule has 0 aliphatic carbocycles. The highest BCUT2D eigenvalue weighted by molar-refractivity contribution is 7.98. The smallest absolute Gasteiger partial charge is 0.326 e. The molecule has 0 spiro atoms. The number of carbonyl (C=O) groups is 15. The molecule has 0 unspecified atom stereocenters. The number of hydrogen-bond donors (Lipinski definition) is 23. The van der Waals surface area contributed by atoms with Gasteiger partial charge in [0.2, 0.25) is 76.8 Å². The number of aromatic hydroxyl groups is 2. The molecule has 38 nitrogen and oxygen atoms in total. The number of phenolic OH excluding ortho intramolecular Hbond substituents is 2. The number of amides is 13. The van der Waals surface area contributed by atoms with Crippen LogP contribution in [0.5, 0.6) is 11.5 Å². The number of benzene rings is 2. The fourth-order valence-electron chi connectivity index (χ4n) is 11.0. The van der Waals surface area contributed by atoms with E-state index in [1.54, 1.807) is 47.8 Å². The van der Waals surface area contributed by atoms with Crippen molar-refractivity contribution in [2.24, 2.45) is 46.6 Å². The molecule has 0 radical (unpaired) electrons. The Kier molecular flexibility index (Phi) is 42.7. The second-order valence-electron chi connectivity index (χ2n) is 28.2. The Labute approximate surface area is 649 Å². The third-order valence-electron chi connectivity index (χ3n) is 17.8. The summed E-state index contributed by atoms with van der Waals surface area (Å²) in [6.45, 7) is 15.1. The highest BCUT2D eigenvalue weighted by Crippen LogP contribution is 2.18. The van der Waals surface area contributed by atoms with Crippen molar-refractivity contribution in [3.8, 4) is 11.5 Å². The highest BCUT2D eigenvalue weighted by Gasteiger charge is 2.40. The molecule has 39 heteroatoms. The lowest BCUT2D eigenvalue weighted by atomic mass is 9.97. The maximum Gasteiger partial charge on any atom is 0.326 e. The van der Waals surface area contributed by atoms with E-state index < -0.39 is 209 Å². The normalized spacial score (nSPS) is 15.3. The summed E-state index contributed by atoms with van der Waals surface area (Å²) in [6, 6.07) is -8.44. The number of hydrogen-bond acceptors (Lipinski definition) is 22. The summed E-state index contributed by atoms with van der Waals surface area (Å²) in [5.41, 5.74) is 23.4. The van der Waals surface area contributed by atoms with E-state index in [9.17, 15) is 97.5 Å². The van der Waals surface area contributed by atoms with E-state index in [-0.39, 0.29) is 94.5 Å². The number of carboxylic acids is 2. The Bertz CT molecular complexity index is 3480. The average Bonchev–Trinajstić information content (AvgIpc) is 0.846. The van der Waals surface area contributed by atoms with Crippen LogP contribution in [0.1, 0.15) is 145 Å². The van der Waals surface area contributed by atoms with Crippen LogP contribution in [0.25, 0.3) is 0 Å². The van der Waals surface area contributed by atoms with Gasteiger partial charge in [0, 0.05) is 25.8 Å². The van der Waals surface area contributed by atoms with Gasteiger partial charge in [-0.25, -0.2) is 4.79 Å². The number of aliphatic carboxylic acids is 2. The predicted molar refractivity (Wildman–Crippen MR) is 409 cm³/mol. The SMILES string of the molecule is CC[C@H](C)[C@H](NC(=O)[C@H](CCSC)NC(=O)[C@H](CCCCN)NC(=O)[C@H](CCCNC(=N)N)NC(=O)[C@@H](NC(=O)[C@@H](NC(=O)[C@H](Cc1ccc(O)cc1)NC(=O)[C@@H](NC(=O)[C@H](C)NC(=O)[C@H](Cc1ccc(O)cc1)NC(=O)[C@@H](N)CCC(N)=O)[C@@H](C)O)C(C)C)C(C)C)C(=O)N[C@@H](CC(=O)O)C(=O)N[C@H](C(=O)O)C(C)C. The van der Waals surface area contributed by atoms with Crippen molar-refractivity contribution >= 4 is 106 Å². The van der Waals surface area contributed by atoms with Crippen LogP contribution in [0.3, 0.4) is 0 Å². The van der Waals surface area contributed by atoms with Gasteiger partial charge in [0.25, 0.3) is 0 Å². The van der Waals surface area contributed by atoms with Crippen LogP contribution < -0.4 is 92.1 Å². The summed E-state index contributed by atoms with van der Waals surface area (Å²) in [4.78, 5) is 205. The standard InChI is InChI=1S/C72H116N18O20S/c1-12-38(8)57(69(107)85-51(34-53(95)96)66(104)88-56(37(6)7)71(109)110)89-63(101)48(28-31-111-11)81-61(99)46(16-13-14-29-73)80-62(100)47(17-15-30-78-72(76)77)82-67(105)54(35(2)3)87-68(106)55(36(4)5)86-65(103)50(33-42-20-24-44(93)25-21-42)84-70(108)58(40(10)91)90-59(97)39(9)79-64(102)49(32-41-18-22-43(92)23-19-41)83-60(98)45(74)26-27-52(75)94/h18-25,35-40,45-51,54-58,91-93H,12-17,26-34,73-74H2,1-11H3,(H2,75,94)(H,79,102)(H,80,100)(H,81,99)(H,82,105)(H,83,98)(H,84,108)(H,85,107)(H,86,103)(H,87,106)(H,88,104)(H,89,101)(H,90,97)(H,95,96)(H,109,110)(H4,76,77,78)/t38-,39-,40+,45-,46-,47-,48-,49-,50-,51-,54-,55-,56-,57-,58-/m0/s1. The molecule has 0 heterocycles. The van der Waals surface area contributed by atoms with Gasteiger partial charge in [-0.3, -0.25) is 72.5 Å². The quantitative estimate of drug-likeness (QED) is 0.0173. The average molecular weight is 1590 g/mol. The van der Waals surface area contributed by atoms with E-state index in [1.807, 2.05) is 0 Å². The molecule has 0 aliphatic heterocycles. The van der Waals surface area contributed by atoms with Crippen LogP contribution in [0.2, 0.25) is 0 Å². The Hall–Kier alpha value is -10.4. The number of primary amides is 1. The molecule has 27 N–H and O–H groups in total. The Balaban J connectivity index is 2.53. The third kappa shape index (κ3) is 35.0. The molecular weight excluding hydrogens is 1470 g/mol. The molecule has 0 bridgehead atoms. The summed E-state index contributed by atoms with van der Waals surface area (Å²) in [5.74, 6) is -18.4. The molecule has 0 fully saturated rings. The first-order valence-corrected chi connectivity index (χ1v) is 38.1. The summed E-state index contributed by atoms with van der Waals surface area (Å²) < 4.78 is 0. The fourth-order valence-corrected chi connectivity index (χ4v) is 11.5. The molecule has 0 saturated heterocycles. The van der Waals surface area contributed by atoms with Crippen LogP contribution >= 0.6 is 11.8 Å². The Morgan fingerprint density at radius 1 is 0.450 bits per heavy atom. The van der Waals surface area contributed by atoms with Gasteiger partial charge in [0.1, 0.15) is 84.0 Å². The lowest BCUT2D eigenvalue weighted by molar-refractivity contribution is -0.144. The Morgan fingerprint density at radius 2 is 0.829 bits per heavy atom. The first-order valence-electron chi connectivity index (χ1n) is 36.7. The van der Waals surface area contributed by atoms with Gasteiger partial charge in [0.15, 0.2) is 5.96 Å². The van der Waals surface area contributed by atoms with Crippen molar-refractivity contribution in [1.82, 2.24) is 69.1 Å². The number of unbranched alkanes of at least 4 members (excludes halogenated alkanes) is 1. The molecule has 111 heavy (non-hydrogen) atoms. The van der Waals surface area contributed by atoms with E-state index in [4.69, 9.17) is 28.3 Å². The van der Waals surface area contributed by atoms with Crippen LogP contribution in [0.4, 0.5) is 0 Å². The van der Waals surface area contributed by atoms with E-state index in [0.717, 1.165) is 6.92 Å². The van der Waals surface area contributed by atoms with E-state index in [2.05, 4.69) is 69.1 Å². The lowest BCUT2D eigenvalue weighted by Crippen LogP contribution is -2.63. The zero-order chi connectivity index (χ0) is 84.1. The maximum absolute atomic E-state index is 14.7. The number of nitrogens with two attached hydrogens (primary N) is 4. The van der Waals surface area contributed by atoms with Gasteiger partial charge in [-0.05, 0) is 136 Å². The van der Waals surface area contributed by atoms with Crippen molar-refractivity contribution < 1.29 is 97.5 Å². The molecular formula is C72H116N18O20S. The fraction of sp³-hybridized carbons (Fsp3) is 0.611. The number of aliphatic hydroxyl groups excluding tert-OH is 1. The monoisotopic (exact) mass is 1580 g/mol. The zero-order valence-corrected chi connectivity index (χ0v) is 65.5. The van der Waals surface area contributed by atoms with Gasteiger partial charge in [-0.2, -0.15) is 11.8 Å². The van der Waals surface area contributed by atoms with Gasteiger partial charge >= 0.3 is 11.9 Å². The second kappa shape index (κ2) is 49.0. The minimum Gasteiger partial charge on any atom is -0.508 e. The van der Waals surface area contributed by atoms with Crippen LogP contribution in [-0.2, 0) is 84.8 Å². The topological polar surface area (TPSA) is 642 Å². The largest absolute Gasteiger partial charge is 0.508 e. The number of nitrogens with one attached hydrogen (secondary N) is 14. The summed E-state index contributed by atoms with van der Waals surface area (Å²) in [6.07, 6.45) is -1.15. The second-order valence-corrected chi connectivity index (χ2v) is 29.2. The minimum atomic E-state index is -1.83. The van der Waals surface area contributed by atoms with E-state index in [0.29, 0.717) is 17.5 Å². The Morgan fingerprint density at radius 3 is 1.28 bits per heavy atom. The molecule has 15 atom stereocenters. The van der Waals surface area contributed by atoms with Crippen molar-refractivity contribution in [3.05, 3.63) is 59.7 Å². The molecule has 2 aromatic carbocycles. The highest BCUT2D eigenvalue weighted by atomic mass is 32.2. The van der Waals surface area contributed by atoms with Crippen molar-refractivity contribution in [3.63, 3.8) is 0 Å². The van der Waals surface area contributed by atoms with Gasteiger partial charge < -0.3 is 118 Å². The predicted octanol–water partition coefficient (Wildman–Crippen LogP) is -3.59. The molecule has 620 valence electrons. The first-order chi connectivity index (χ1) is 52.0. The van der Waals surface area contributed by atoms with Gasteiger partial charge in [0.05, 0.1) is 18.6 Å². The molecule has 2 rings (SSSR count). The third-order valence-corrected chi connectivity index (χ3v) is 18.5. The summed E-state index contributed by atoms with van der Waals surface area (Å²) in [5, 5.41) is 91.0. The summed E-state index contributed by atoms with van der Waals surface area (Å²) >= 11 is 1.30. The maximum atomic E-state index is 14.7. The van der Waals surface area contributed by atoms with Gasteiger partial charge in [-0.15, -0.1) is 0 Å². The molecule has 0 aliphatic rings. The number of carboxylic acid groups (broad SMARTS) is 2. The summed E-state index contributed by atoms with van der Waals surface area (Å²) in [7, 11) is 0. The lowest BCUT2D eigenvalue weighted by Gasteiger charge is -2.30. The first kappa shape index (κ1) is 96.7. The van der Waals surface area contributed by atoms with Crippen molar-refractivity contribution in [2.75, 3.05) is 25.1 Å². The van der Waals surface area contributed by atoms with Crippen LogP contribution in [0, 0.1) is 29.1 Å². The number of thioether (sulfide) groups is 1. The number of phenols is 2. The van der Waals surface area contributed by atoms with E-state index in [1.165, 1.54) is 81.1 Å². The van der Waals surface area contributed by atoms with Crippen LogP contribution in [0.15, 0.2) is 48.5 Å². The zero-order valence-electron chi connectivity index (χ0n) is 64.7. The molecule has 0 aromatic heterocycles. The molecule has 13 amide bonds.